The number of carboxylic acid groups (broad SMARTS) is 1. The van der Waals surface area contributed by atoms with Crippen LogP contribution in [0.5, 0.6) is 5.75 Å². The number of carboxylic acids is 1. The molecule has 170 valence electrons. The summed E-state index contributed by atoms with van der Waals surface area (Å²) in [5, 5.41) is 12.3. The van der Waals surface area contributed by atoms with E-state index in [1.54, 1.807) is 54.6 Å². The van der Waals surface area contributed by atoms with E-state index < -0.39 is 11.9 Å². The molecule has 0 aliphatic carbocycles. The van der Waals surface area contributed by atoms with Crippen molar-refractivity contribution in [3.8, 4) is 5.75 Å². The molecule has 1 aliphatic heterocycles. The van der Waals surface area contributed by atoms with Crippen LogP contribution in [0.4, 0.5) is 0 Å². The summed E-state index contributed by atoms with van der Waals surface area (Å²) in [5.74, 6) is -1.30. The van der Waals surface area contributed by atoms with Crippen LogP contribution in [0.3, 0.4) is 0 Å². The molecule has 1 fully saturated rings. The molecule has 1 saturated heterocycles. The molecule has 7 nitrogen and oxygen atoms in total. The molecule has 2 amide bonds. The Bertz CT molecular complexity index is 1320. The van der Waals surface area contributed by atoms with Crippen LogP contribution in [0.2, 0.25) is 5.02 Å². The first-order valence-electron chi connectivity index (χ1n) is 10.0. The predicted octanol–water partition coefficient (Wildman–Crippen LogP) is 5.02. The number of hydrogen-bond acceptors (Lipinski definition) is 5. The summed E-state index contributed by atoms with van der Waals surface area (Å²) in [5.41, 5.74) is 2.03. The van der Waals surface area contributed by atoms with Gasteiger partial charge >= 0.3 is 5.97 Å². The molecule has 3 aromatic carbocycles. The first-order valence-corrected chi connectivity index (χ1v) is 11.2. The van der Waals surface area contributed by atoms with Crippen LogP contribution < -0.4 is 10.1 Å². The van der Waals surface area contributed by atoms with Gasteiger partial charge in [-0.1, -0.05) is 41.9 Å². The Morgan fingerprint density at radius 3 is 2.38 bits per heavy atom. The molecule has 0 radical (unpaired) electrons. The number of benzene rings is 3. The number of aromatic carboxylic acids is 1. The molecule has 0 bridgehead atoms. The Kier molecular flexibility index (Phi) is 7.10. The summed E-state index contributed by atoms with van der Waals surface area (Å²) in [6.07, 6.45) is 1.66. The number of thioether (sulfide) groups is 1. The van der Waals surface area contributed by atoms with Crippen LogP contribution in [-0.2, 0) is 11.4 Å². The second-order valence-electron chi connectivity index (χ2n) is 7.12. The van der Waals surface area contributed by atoms with E-state index in [0.29, 0.717) is 26.8 Å². The second kappa shape index (κ2) is 10.4. The Morgan fingerprint density at radius 1 is 1.00 bits per heavy atom. The summed E-state index contributed by atoms with van der Waals surface area (Å²) in [4.78, 5) is 40.1. The van der Waals surface area contributed by atoms with E-state index in [1.165, 1.54) is 12.1 Å². The molecule has 0 atom stereocenters. The van der Waals surface area contributed by atoms with Gasteiger partial charge in [0.1, 0.15) is 12.4 Å². The highest BCUT2D eigenvalue weighted by atomic mass is 35.5. The molecule has 1 heterocycles. The van der Waals surface area contributed by atoms with Crippen molar-refractivity contribution >= 4 is 52.4 Å². The summed E-state index contributed by atoms with van der Waals surface area (Å²) in [6.45, 7) is 0.224. The van der Waals surface area contributed by atoms with Crippen LogP contribution in [0, 0.1) is 0 Å². The van der Waals surface area contributed by atoms with Crippen LogP contribution in [0.1, 0.15) is 31.8 Å². The van der Waals surface area contributed by atoms with Gasteiger partial charge in [-0.25, -0.2) is 4.79 Å². The number of carbonyl (C=O) groups is 3. The number of amidine groups is 1. The van der Waals surface area contributed by atoms with Crippen molar-refractivity contribution in [1.29, 1.82) is 0 Å². The van der Waals surface area contributed by atoms with Crippen LogP contribution in [0.15, 0.2) is 82.7 Å². The fraction of sp³-hybridized carbons (Fsp3) is 0.0400. The van der Waals surface area contributed by atoms with E-state index in [-0.39, 0.29) is 23.2 Å². The SMILES string of the molecule is O=C1NC(=NC(=O)c2ccc(Cl)cc2)S/C1=C\c1ccccc1OCc1ccc(C(=O)O)cc1. The van der Waals surface area contributed by atoms with E-state index in [9.17, 15) is 14.4 Å². The predicted molar refractivity (Wildman–Crippen MR) is 131 cm³/mol. The van der Waals surface area contributed by atoms with Gasteiger partial charge < -0.3 is 15.2 Å². The minimum Gasteiger partial charge on any atom is -0.488 e. The van der Waals surface area contributed by atoms with Gasteiger partial charge in [-0.05, 0) is 65.9 Å². The third kappa shape index (κ3) is 5.72. The first kappa shape index (κ1) is 23.3. The van der Waals surface area contributed by atoms with Gasteiger partial charge in [0, 0.05) is 16.1 Å². The summed E-state index contributed by atoms with van der Waals surface area (Å²) < 4.78 is 5.90. The van der Waals surface area contributed by atoms with Crippen molar-refractivity contribution in [3.05, 3.63) is 105 Å². The number of para-hydroxylation sites is 1. The largest absolute Gasteiger partial charge is 0.488 e. The molecule has 1 aliphatic rings. The molecule has 0 spiro atoms. The highest BCUT2D eigenvalue weighted by Gasteiger charge is 2.25. The van der Waals surface area contributed by atoms with Crippen molar-refractivity contribution in [2.45, 2.75) is 6.61 Å². The number of aliphatic imine (C=N–C) groups is 1. The maximum atomic E-state index is 12.4. The zero-order valence-corrected chi connectivity index (χ0v) is 19.1. The normalized spacial score (nSPS) is 15.4. The first-order chi connectivity index (χ1) is 16.4. The molecular formula is C25H17ClN2O5S. The average molecular weight is 493 g/mol. The van der Waals surface area contributed by atoms with Crippen LogP contribution in [-0.4, -0.2) is 28.1 Å². The van der Waals surface area contributed by atoms with Crippen molar-refractivity contribution in [3.63, 3.8) is 0 Å². The number of ether oxygens (including phenoxy) is 1. The third-order valence-electron chi connectivity index (χ3n) is 4.75. The van der Waals surface area contributed by atoms with Gasteiger partial charge in [-0.15, -0.1) is 0 Å². The van der Waals surface area contributed by atoms with E-state index in [0.717, 1.165) is 17.3 Å². The van der Waals surface area contributed by atoms with E-state index in [4.69, 9.17) is 21.4 Å². The van der Waals surface area contributed by atoms with E-state index >= 15 is 0 Å². The minimum absolute atomic E-state index is 0.188. The van der Waals surface area contributed by atoms with Gasteiger partial charge in [0.15, 0.2) is 5.17 Å². The third-order valence-corrected chi connectivity index (χ3v) is 5.91. The highest BCUT2D eigenvalue weighted by molar-refractivity contribution is 8.18. The lowest BCUT2D eigenvalue weighted by molar-refractivity contribution is -0.115. The number of hydrogen-bond donors (Lipinski definition) is 2. The molecular weight excluding hydrogens is 476 g/mol. The monoisotopic (exact) mass is 492 g/mol. The average Bonchev–Trinajstić information content (AvgIpc) is 3.17. The fourth-order valence-electron chi connectivity index (χ4n) is 3.01. The lowest BCUT2D eigenvalue weighted by atomic mass is 10.1. The Balaban J connectivity index is 1.47. The molecule has 0 aromatic heterocycles. The summed E-state index contributed by atoms with van der Waals surface area (Å²) in [6, 6.07) is 19.9. The lowest BCUT2D eigenvalue weighted by Crippen LogP contribution is -2.20. The zero-order valence-electron chi connectivity index (χ0n) is 17.5. The molecule has 9 heteroatoms. The fourth-order valence-corrected chi connectivity index (χ4v) is 3.94. The van der Waals surface area contributed by atoms with Crippen molar-refractivity contribution in [2.24, 2.45) is 4.99 Å². The Hall–Kier alpha value is -3.88. The van der Waals surface area contributed by atoms with Gasteiger partial charge in [-0.2, -0.15) is 4.99 Å². The van der Waals surface area contributed by atoms with Gasteiger partial charge in [0.05, 0.1) is 10.5 Å². The van der Waals surface area contributed by atoms with Gasteiger partial charge in [-0.3, -0.25) is 9.59 Å². The van der Waals surface area contributed by atoms with Crippen LogP contribution >= 0.6 is 23.4 Å². The summed E-state index contributed by atoms with van der Waals surface area (Å²) in [7, 11) is 0. The topological polar surface area (TPSA) is 105 Å². The maximum Gasteiger partial charge on any atom is 0.335 e. The molecule has 3 aromatic rings. The quantitative estimate of drug-likeness (QED) is 0.468. The smallest absolute Gasteiger partial charge is 0.335 e. The molecule has 0 unspecified atom stereocenters. The Morgan fingerprint density at radius 2 is 1.68 bits per heavy atom. The Labute approximate surface area is 204 Å². The minimum atomic E-state index is -0.991. The number of amides is 2. The van der Waals surface area contributed by atoms with Gasteiger partial charge in [0.2, 0.25) is 0 Å². The number of carbonyl (C=O) groups excluding carboxylic acids is 2. The summed E-state index contributed by atoms with van der Waals surface area (Å²) >= 11 is 6.90. The maximum absolute atomic E-state index is 12.4. The molecule has 34 heavy (non-hydrogen) atoms. The van der Waals surface area contributed by atoms with Gasteiger partial charge in [0.25, 0.3) is 11.8 Å². The molecule has 0 saturated carbocycles. The number of rotatable bonds is 6. The number of nitrogens with zero attached hydrogens (tertiary/aromatic N) is 1. The standard InChI is InChI=1S/C25H17ClN2O5S/c26-19-11-9-16(10-12-19)22(29)27-25-28-23(30)21(34-25)13-18-3-1-2-4-20(18)33-14-15-5-7-17(8-6-15)24(31)32/h1-13H,14H2,(H,31,32)(H,27,28,29,30)/b21-13-. The lowest BCUT2D eigenvalue weighted by Gasteiger charge is -2.10. The number of nitrogens with one attached hydrogen (secondary N) is 1. The van der Waals surface area contributed by atoms with Crippen molar-refractivity contribution in [2.75, 3.05) is 0 Å². The zero-order chi connectivity index (χ0) is 24.1. The molecule has 4 rings (SSSR count). The van der Waals surface area contributed by atoms with Crippen molar-refractivity contribution < 1.29 is 24.2 Å². The number of halogens is 1. The van der Waals surface area contributed by atoms with Crippen molar-refractivity contribution in [1.82, 2.24) is 5.32 Å². The highest BCUT2D eigenvalue weighted by Crippen LogP contribution is 2.30. The second-order valence-corrected chi connectivity index (χ2v) is 8.59. The van der Waals surface area contributed by atoms with E-state index in [1.807, 2.05) is 12.1 Å². The molecule has 2 N–H and O–H groups in total. The van der Waals surface area contributed by atoms with E-state index in [2.05, 4.69) is 10.3 Å². The van der Waals surface area contributed by atoms with Crippen LogP contribution in [0.25, 0.3) is 6.08 Å².